The highest BCUT2D eigenvalue weighted by Gasteiger charge is 2.07. The Labute approximate surface area is 77.1 Å². The highest BCUT2D eigenvalue weighted by molar-refractivity contribution is 5.93. The summed E-state index contributed by atoms with van der Waals surface area (Å²) in [6, 6.07) is 3.35. The highest BCUT2D eigenvalue weighted by Crippen LogP contribution is 2.07. The Morgan fingerprint density at radius 3 is 2.54 bits per heavy atom. The van der Waals surface area contributed by atoms with Crippen molar-refractivity contribution < 1.29 is 9.53 Å². The van der Waals surface area contributed by atoms with Gasteiger partial charge in [-0.1, -0.05) is 0 Å². The molecule has 0 spiro atoms. The maximum absolute atomic E-state index is 11.4. The fourth-order valence-electron chi connectivity index (χ4n) is 0.886. The molecule has 70 valence electrons. The zero-order valence-corrected chi connectivity index (χ0v) is 7.94. The lowest BCUT2D eigenvalue weighted by atomic mass is 10.2. The van der Waals surface area contributed by atoms with Gasteiger partial charge < -0.3 is 9.64 Å². The second kappa shape index (κ2) is 3.89. The minimum Gasteiger partial charge on any atom is -0.481 e. The van der Waals surface area contributed by atoms with Gasteiger partial charge in [0.2, 0.25) is 5.88 Å². The fraction of sp³-hybridized carbons (Fsp3) is 0.333. The van der Waals surface area contributed by atoms with Crippen LogP contribution in [0.5, 0.6) is 5.88 Å². The largest absolute Gasteiger partial charge is 0.481 e. The van der Waals surface area contributed by atoms with E-state index in [-0.39, 0.29) is 5.91 Å². The van der Waals surface area contributed by atoms with E-state index in [1.54, 1.807) is 26.2 Å². The van der Waals surface area contributed by atoms with Crippen LogP contribution in [0.3, 0.4) is 0 Å². The second-order valence-electron chi connectivity index (χ2n) is 2.79. The van der Waals surface area contributed by atoms with Gasteiger partial charge in [-0.15, -0.1) is 0 Å². The summed E-state index contributed by atoms with van der Waals surface area (Å²) in [4.78, 5) is 16.8. The van der Waals surface area contributed by atoms with Gasteiger partial charge in [-0.25, -0.2) is 4.98 Å². The first-order valence-electron chi connectivity index (χ1n) is 3.87. The maximum atomic E-state index is 11.4. The molecule has 4 nitrogen and oxygen atoms in total. The molecule has 4 heteroatoms. The molecule has 0 bridgehead atoms. The van der Waals surface area contributed by atoms with Crippen molar-refractivity contribution in [2.45, 2.75) is 0 Å². The number of pyridine rings is 1. The van der Waals surface area contributed by atoms with E-state index in [0.29, 0.717) is 11.4 Å². The summed E-state index contributed by atoms with van der Waals surface area (Å²) >= 11 is 0. The molecule has 1 rings (SSSR count). The molecule has 0 radical (unpaired) electrons. The summed E-state index contributed by atoms with van der Waals surface area (Å²) in [5.74, 6) is 0.449. The normalized spacial score (nSPS) is 9.46. The number of nitrogens with zero attached hydrogens (tertiary/aromatic N) is 2. The monoisotopic (exact) mass is 180 g/mol. The van der Waals surface area contributed by atoms with Gasteiger partial charge >= 0.3 is 0 Å². The number of rotatable bonds is 2. The second-order valence-corrected chi connectivity index (χ2v) is 2.79. The number of ether oxygens (including phenoxy) is 1. The predicted molar refractivity (Wildman–Crippen MR) is 48.8 cm³/mol. The smallest absolute Gasteiger partial charge is 0.254 e. The van der Waals surface area contributed by atoms with Crippen LogP contribution in [0.1, 0.15) is 10.4 Å². The Hall–Kier alpha value is -1.58. The van der Waals surface area contributed by atoms with Crippen LogP contribution in [0.15, 0.2) is 18.3 Å². The molecule has 0 unspecified atom stereocenters. The Morgan fingerprint density at radius 2 is 2.15 bits per heavy atom. The van der Waals surface area contributed by atoms with Crippen LogP contribution in [-0.4, -0.2) is 37.0 Å². The minimum absolute atomic E-state index is 0.0600. The Balaban J connectivity index is 2.86. The molecule has 0 saturated carbocycles. The lowest BCUT2D eigenvalue weighted by Gasteiger charge is -2.09. The molecule has 0 aliphatic heterocycles. The standard InChI is InChI=1S/C9H12N2O2/c1-11(2)9(12)7-4-5-8(13-3)10-6-7/h4-6H,1-3H3. The van der Waals surface area contributed by atoms with Crippen molar-refractivity contribution in [3.05, 3.63) is 23.9 Å². The number of carbonyl (C=O) groups excluding carboxylic acids is 1. The molecule has 1 heterocycles. The van der Waals surface area contributed by atoms with Crippen LogP contribution in [0, 0.1) is 0 Å². The Kier molecular flexibility index (Phi) is 2.84. The van der Waals surface area contributed by atoms with Crippen molar-refractivity contribution >= 4 is 5.91 Å². The summed E-state index contributed by atoms with van der Waals surface area (Å²) in [6.45, 7) is 0. The molecule has 0 aromatic carbocycles. The number of hydrogen-bond acceptors (Lipinski definition) is 3. The lowest BCUT2D eigenvalue weighted by molar-refractivity contribution is 0.0827. The quantitative estimate of drug-likeness (QED) is 0.675. The summed E-state index contributed by atoms with van der Waals surface area (Å²) in [7, 11) is 4.94. The van der Waals surface area contributed by atoms with E-state index < -0.39 is 0 Å². The van der Waals surface area contributed by atoms with Gasteiger partial charge in [-0.3, -0.25) is 4.79 Å². The molecule has 0 aliphatic rings. The third-order valence-corrected chi connectivity index (χ3v) is 1.60. The molecule has 1 aromatic heterocycles. The third kappa shape index (κ3) is 2.18. The summed E-state index contributed by atoms with van der Waals surface area (Å²) in [6.07, 6.45) is 1.50. The van der Waals surface area contributed by atoms with E-state index in [1.807, 2.05) is 0 Å². The molecule has 0 N–H and O–H groups in total. The van der Waals surface area contributed by atoms with Gasteiger partial charge in [-0.2, -0.15) is 0 Å². The lowest BCUT2D eigenvalue weighted by Crippen LogP contribution is -2.21. The summed E-state index contributed by atoms with van der Waals surface area (Å²) < 4.78 is 4.87. The SMILES string of the molecule is COc1ccc(C(=O)N(C)C)cn1. The molecule has 0 saturated heterocycles. The van der Waals surface area contributed by atoms with Crippen LogP contribution in [0.25, 0.3) is 0 Å². The van der Waals surface area contributed by atoms with Crippen LogP contribution < -0.4 is 4.74 Å². The Bertz CT molecular complexity index is 293. The molecular weight excluding hydrogens is 168 g/mol. The van der Waals surface area contributed by atoms with Gasteiger partial charge in [0.25, 0.3) is 5.91 Å². The average molecular weight is 180 g/mol. The Morgan fingerprint density at radius 1 is 1.46 bits per heavy atom. The van der Waals surface area contributed by atoms with Gasteiger partial charge in [0.1, 0.15) is 0 Å². The zero-order chi connectivity index (χ0) is 9.84. The number of aromatic nitrogens is 1. The van der Waals surface area contributed by atoms with Gasteiger partial charge in [0.05, 0.1) is 12.7 Å². The van der Waals surface area contributed by atoms with Gasteiger partial charge in [0, 0.05) is 26.4 Å². The first-order chi connectivity index (χ1) is 6.15. The number of methoxy groups -OCH3 is 1. The van der Waals surface area contributed by atoms with E-state index in [2.05, 4.69) is 4.98 Å². The molecule has 0 fully saturated rings. The number of hydrogen-bond donors (Lipinski definition) is 0. The molecule has 1 aromatic rings. The number of carbonyl (C=O) groups is 1. The summed E-state index contributed by atoms with van der Waals surface area (Å²) in [5, 5.41) is 0. The predicted octanol–water partition coefficient (Wildman–Crippen LogP) is 0.792. The van der Waals surface area contributed by atoms with E-state index in [4.69, 9.17) is 4.74 Å². The van der Waals surface area contributed by atoms with Crippen LogP contribution in [0.4, 0.5) is 0 Å². The van der Waals surface area contributed by atoms with E-state index in [1.165, 1.54) is 18.2 Å². The van der Waals surface area contributed by atoms with Crippen molar-refractivity contribution in [2.24, 2.45) is 0 Å². The van der Waals surface area contributed by atoms with Crippen molar-refractivity contribution in [2.75, 3.05) is 21.2 Å². The first kappa shape index (κ1) is 9.51. The highest BCUT2D eigenvalue weighted by atomic mass is 16.5. The van der Waals surface area contributed by atoms with Crippen LogP contribution in [-0.2, 0) is 0 Å². The van der Waals surface area contributed by atoms with Crippen molar-refractivity contribution in [3.63, 3.8) is 0 Å². The molecule has 0 aliphatic carbocycles. The maximum Gasteiger partial charge on any atom is 0.254 e. The van der Waals surface area contributed by atoms with Crippen molar-refractivity contribution in [1.82, 2.24) is 9.88 Å². The first-order valence-corrected chi connectivity index (χ1v) is 3.87. The van der Waals surface area contributed by atoms with Crippen LogP contribution in [0.2, 0.25) is 0 Å². The molecule has 0 atom stereocenters. The zero-order valence-electron chi connectivity index (χ0n) is 7.94. The average Bonchev–Trinajstić information content (AvgIpc) is 2.17. The van der Waals surface area contributed by atoms with Crippen molar-refractivity contribution in [1.29, 1.82) is 0 Å². The van der Waals surface area contributed by atoms with E-state index >= 15 is 0 Å². The summed E-state index contributed by atoms with van der Waals surface area (Å²) in [5.41, 5.74) is 0.561. The van der Waals surface area contributed by atoms with E-state index in [0.717, 1.165) is 0 Å². The van der Waals surface area contributed by atoms with Gasteiger partial charge in [0.15, 0.2) is 0 Å². The van der Waals surface area contributed by atoms with Crippen molar-refractivity contribution in [3.8, 4) is 5.88 Å². The number of amides is 1. The third-order valence-electron chi connectivity index (χ3n) is 1.60. The molecule has 1 amide bonds. The van der Waals surface area contributed by atoms with E-state index in [9.17, 15) is 4.79 Å². The molecular formula is C9H12N2O2. The fourth-order valence-corrected chi connectivity index (χ4v) is 0.886. The van der Waals surface area contributed by atoms with Crippen LogP contribution >= 0.6 is 0 Å². The van der Waals surface area contributed by atoms with Gasteiger partial charge in [-0.05, 0) is 6.07 Å². The molecule has 13 heavy (non-hydrogen) atoms. The minimum atomic E-state index is -0.0600. The topological polar surface area (TPSA) is 42.4 Å².